The van der Waals surface area contributed by atoms with Crippen molar-refractivity contribution in [2.75, 3.05) is 18.2 Å². The minimum atomic E-state index is -0.698. The Morgan fingerprint density at radius 3 is 2.70 bits per heavy atom. The molecule has 0 spiro atoms. The van der Waals surface area contributed by atoms with E-state index in [1.165, 1.54) is 19.2 Å². The molecule has 0 aromatic heterocycles. The van der Waals surface area contributed by atoms with E-state index >= 15 is 0 Å². The summed E-state index contributed by atoms with van der Waals surface area (Å²) in [4.78, 5) is 12.0. The number of nitrogens with two attached hydrogens (primary N) is 1. The van der Waals surface area contributed by atoms with Crippen molar-refractivity contribution in [3.63, 3.8) is 0 Å². The molecule has 0 saturated heterocycles. The Morgan fingerprint density at radius 1 is 1.30 bits per heavy atom. The van der Waals surface area contributed by atoms with Gasteiger partial charge < -0.3 is 15.8 Å². The molecule has 2 aromatic rings. The predicted molar refractivity (Wildman–Crippen MR) is 76.8 cm³/mol. The van der Waals surface area contributed by atoms with Gasteiger partial charge in [-0.15, -0.1) is 0 Å². The first-order valence-corrected chi connectivity index (χ1v) is 6.09. The molecule has 0 radical (unpaired) electrons. The van der Waals surface area contributed by atoms with Gasteiger partial charge in [-0.1, -0.05) is 11.6 Å². The van der Waals surface area contributed by atoms with Crippen LogP contribution in [-0.4, -0.2) is 13.0 Å². The van der Waals surface area contributed by atoms with Crippen LogP contribution in [0.3, 0.4) is 0 Å². The summed E-state index contributed by atoms with van der Waals surface area (Å²) in [7, 11) is 1.50. The van der Waals surface area contributed by atoms with E-state index in [-0.39, 0.29) is 10.6 Å². The van der Waals surface area contributed by atoms with Crippen LogP contribution in [0.15, 0.2) is 36.4 Å². The SMILES string of the molecule is COc1ccc(N)c(NC(=O)c2ccc(Cl)cc2F)c1. The number of hydrogen-bond acceptors (Lipinski definition) is 3. The first-order valence-electron chi connectivity index (χ1n) is 5.71. The first kappa shape index (κ1) is 14.1. The van der Waals surface area contributed by atoms with Gasteiger partial charge in [-0.3, -0.25) is 4.79 Å². The molecule has 20 heavy (non-hydrogen) atoms. The molecule has 0 bridgehead atoms. The van der Waals surface area contributed by atoms with Gasteiger partial charge >= 0.3 is 0 Å². The van der Waals surface area contributed by atoms with Crippen LogP contribution in [0.1, 0.15) is 10.4 Å². The zero-order chi connectivity index (χ0) is 14.7. The maximum Gasteiger partial charge on any atom is 0.258 e. The summed E-state index contributed by atoms with van der Waals surface area (Å²) in [5, 5.41) is 2.76. The van der Waals surface area contributed by atoms with E-state index in [9.17, 15) is 9.18 Å². The number of carbonyl (C=O) groups excluding carboxylic acids is 1. The van der Waals surface area contributed by atoms with Crippen LogP contribution >= 0.6 is 11.6 Å². The third-order valence-corrected chi connectivity index (χ3v) is 2.92. The Bertz CT molecular complexity index is 662. The maximum atomic E-state index is 13.6. The number of benzene rings is 2. The van der Waals surface area contributed by atoms with Gasteiger partial charge in [-0.05, 0) is 30.3 Å². The van der Waals surface area contributed by atoms with Crippen LogP contribution in [-0.2, 0) is 0 Å². The summed E-state index contributed by atoms with van der Waals surface area (Å²) in [6.07, 6.45) is 0. The second-order valence-electron chi connectivity index (χ2n) is 4.03. The quantitative estimate of drug-likeness (QED) is 0.854. The fourth-order valence-corrected chi connectivity index (χ4v) is 1.79. The van der Waals surface area contributed by atoms with Crippen molar-refractivity contribution in [1.29, 1.82) is 0 Å². The second-order valence-corrected chi connectivity index (χ2v) is 4.47. The van der Waals surface area contributed by atoms with Crippen LogP contribution in [0.5, 0.6) is 5.75 Å². The van der Waals surface area contributed by atoms with Gasteiger partial charge in [0.15, 0.2) is 0 Å². The highest BCUT2D eigenvalue weighted by Crippen LogP contribution is 2.25. The number of anilines is 2. The molecule has 0 aliphatic heterocycles. The molecule has 0 aliphatic rings. The Morgan fingerprint density at radius 2 is 2.05 bits per heavy atom. The Hall–Kier alpha value is -2.27. The molecule has 2 rings (SSSR count). The molecule has 3 N–H and O–H groups in total. The molecule has 2 aromatic carbocycles. The molecule has 104 valence electrons. The van der Waals surface area contributed by atoms with E-state index in [1.807, 2.05) is 0 Å². The van der Waals surface area contributed by atoms with Crippen LogP contribution in [0.4, 0.5) is 15.8 Å². The summed E-state index contributed by atoms with van der Waals surface area (Å²) in [6, 6.07) is 8.63. The fraction of sp³-hybridized carbons (Fsp3) is 0.0714. The first-order chi connectivity index (χ1) is 9.51. The summed E-state index contributed by atoms with van der Waals surface area (Å²) >= 11 is 5.64. The molecular formula is C14H12ClFN2O2. The molecular weight excluding hydrogens is 283 g/mol. The van der Waals surface area contributed by atoms with Crippen LogP contribution in [0, 0.1) is 5.82 Å². The van der Waals surface area contributed by atoms with Crippen molar-refractivity contribution in [1.82, 2.24) is 0 Å². The summed E-state index contributed by atoms with van der Waals surface area (Å²) in [5.41, 5.74) is 6.34. The molecule has 6 heteroatoms. The van der Waals surface area contributed by atoms with Gasteiger partial charge in [-0.25, -0.2) is 4.39 Å². The lowest BCUT2D eigenvalue weighted by Gasteiger charge is -2.10. The molecule has 0 fully saturated rings. The Kier molecular flexibility index (Phi) is 4.10. The van der Waals surface area contributed by atoms with Crippen molar-refractivity contribution < 1.29 is 13.9 Å². The zero-order valence-electron chi connectivity index (χ0n) is 10.6. The minimum absolute atomic E-state index is 0.114. The highest BCUT2D eigenvalue weighted by atomic mass is 35.5. The van der Waals surface area contributed by atoms with E-state index in [0.717, 1.165) is 6.07 Å². The van der Waals surface area contributed by atoms with Crippen molar-refractivity contribution in [2.24, 2.45) is 0 Å². The number of ether oxygens (including phenoxy) is 1. The largest absolute Gasteiger partial charge is 0.497 e. The van der Waals surface area contributed by atoms with Crippen molar-refractivity contribution in [3.05, 3.63) is 52.8 Å². The van der Waals surface area contributed by atoms with Gasteiger partial charge in [0.05, 0.1) is 24.0 Å². The van der Waals surface area contributed by atoms with Gasteiger partial charge in [-0.2, -0.15) is 0 Å². The minimum Gasteiger partial charge on any atom is -0.497 e. The van der Waals surface area contributed by atoms with Crippen LogP contribution in [0.2, 0.25) is 5.02 Å². The van der Waals surface area contributed by atoms with Gasteiger partial charge in [0.25, 0.3) is 5.91 Å². The summed E-state index contributed by atoms with van der Waals surface area (Å²) in [5.74, 6) is -0.776. The predicted octanol–water partition coefficient (Wildman–Crippen LogP) is 3.32. The van der Waals surface area contributed by atoms with Crippen LogP contribution in [0.25, 0.3) is 0 Å². The topological polar surface area (TPSA) is 64.3 Å². The fourth-order valence-electron chi connectivity index (χ4n) is 1.63. The van der Waals surface area contributed by atoms with Gasteiger partial charge in [0.1, 0.15) is 11.6 Å². The molecule has 0 heterocycles. The third-order valence-electron chi connectivity index (χ3n) is 2.68. The van der Waals surface area contributed by atoms with Crippen LogP contribution < -0.4 is 15.8 Å². The monoisotopic (exact) mass is 294 g/mol. The smallest absolute Gasteiger partial charge is 0.258 e. The molecule has 0 unspecified atom stereocenters. The van der Waals surface area contributed by atoms with Crippen molar-refractivity contribution in [3.8, 4) is 5.75 Å². The maximum absolute atomic E-state index is 13.6. The molecule has 0 atom stereocenters. The van der Waals surface area contributed by atoms with E-state index in [1.54, 1.807) is 18.2 Å². The lowest BCUT2D eigenvalue weighted by atomic mass is 10.2. The molecule has 1 amide bonds. The standard InChI is InChI=1S/C14H12ClFN2O2/c1-20-9-3-5-12(17)13(7-9)18-14(19)10-4-2-8(15)6-11(10)16/h2-7H,17H2,1H3,(H,18,19). The van der Waals surface area contributed by atoms with E-state index in [2.05, 4.69) is 5.32 Å². The zero-order valence-corrected chi connectivity index (χ0v) is 11.4. The lowest BCUT2D eigenvalue weighted by molar-refractivity contribution is 0.102. The van der Waals surface area contributed by atoms with E-state index in [4.69, 9.17) is 22.1 Å². The summed E-state index contributed by atoms with van der Waals surface area (Å²) < 4.78 is 18.7. The number of methoxy groups -OCH3 is 1. The van der Waals surface area contributed by atoms with Gasteiger partial charge in [0, 0.05) is 11.1 Å². The highest BCUT2D eigenvalue weighted by molar-refractivity contribution is 6.30. The van der Waals surface area contributed by atoms with Crippen molar-refractivity contribution >= 4 is 28.9 Å². The molecule has 0 saturated carbocycles. The number of nitrogen functional groups attached to an aromatic ring is 1. The Balaban J connectivity index is 2.27. The number of carbonyl (C=O) groups is 1. The van der Waals surface area contributed by atoms with Crippen molar-refractivity contribution in [2.45, 2.75) is 0 Å². The Labute approximate surface area is 120 Å². The van der Waals surface area contributed by atoms with Gasteiger partial charge in [0.2, 0.25) is 0 Å². The lowest BCUT2D eigenvalue weighted by Crippen LogP contribution is -2.14. The number of halogens is 2. The number of hydrogen-bond donors (Lipinski definition) is 2. The number of rotatable bonds is 3. The third kappa shape index (κ3) is 3.00. The number of nitrogens with one attached hydrogen (secondary N) is 1. The van der Waals surface area contributed by atoms with E-state index < -0.39 is 11.7 Å². The molecule has 0 aliphatic carbocycles. The number of amides is 1. The second kappa shape index (κ2) is 5.79. The molecule has 4 nitrogen and oxygen atoms in total. The normalized spacial score (nSPS) is 10.2. The van der Waals surface area contributed by atoms with E-state index in [0.29, 0.717) is 17.1 Å². The summed E-state index contributed by atoms with van der Waals surface area (Å²) in [6.45, 7) is 0. The highest BCUT2D eigenvalue weighted by Gasteiger charge is 2.13. The average Bonchev–Trinajstić information content (AvgIpc) is 2.41. The average molecular weight is 295 g/mol.